The van der Waals surface area contributed by atoms with Crippen LogP contribution >= 0.6 is 0 Å². The Morgan fingerprint density at radius 2 is 1.06 bits per heavy atom. The quantitative estimate of drug-likeness (QED) is 0.180. The number of allylic oxidation sites excluding steroid dienone is 2. The smallest absolute Gasteiger partial charge is 0.189 e. The van der Waals surface area contributed by atoms with Gasteiger partial charge in [0.1, 0.15) is 11.5 Å². The van der Waals surface area contributed by atoms with Crippen LogP contribution in [0.1, 0.15) is 67.3 Å². The van der Waals surface area contributed by atoms with Gasteiger partial charge in [0.05, 0.1) is 12.5 Å². The predicted octanol–water partition coefficient (Wildman–Crippen LogP) is 8.12. The molecule has 2 heterocycles. The first-order chi connectivity index (χ1) is 17.3. The fourth-order valence-corrected chi connectivity index (χ4v) is 4.17. The van der Waals surface area contributed by atoms with Crippen LogP contribution in [0, 0.1) is 27.7 Å². The van der Waals surface area contributed by atoms with Gasteiger partial charge in [-0.25, -0.2) is 0 Å². The molecule has 0 aliphatic rings. The molecule has 182 valence electrons. The topological polar surface area (TPSA) is 60.4 Å². The summed E-state index contributed by atoms with van der Waals surface area (Å²) in [6, 6.07) is 18.9. The summed E-state index contributed by atoms with van der Waals surface area (Å²) in [6.07, 6.45) is 7.45. The van der Waals surface area contributed by atoms with Gasteiger partial charge < -0.3 is 8.83 Å². The number of ketones is 2. The lowest BCUT2D eigenvalue weighted by Crippen LogP contribution is -2.10. The first kappa shape index (κ1) is 24.9. The molecule has 4 aromatic rings. The van der Waals surface area contributed by atoms with E-state index in [2.05, 4.69) is 0 Å². The largest absolute Gasteiger partial charge is 0.465 e. The molecule has 0 fully saturated rings. The van der Waals surface area contributed by atoms with E-state index in [0.717, 1.165) is 22.3 Å². The molecule has 0 radical (unpaired) electrons. The van der Waals surface area contributed by atoms with Gasteiger partial charge in [-0.05, 0) is 100 Å². The molecule has 4 nitrogen and oxygen atoms in total. The van der Waals surface area contributed by atoms with Crippen molar-refractivity contribution in [3.63, 3.8) is 0 Å². The van der Waals surface area contributed by atoms with Crippen LogP contribution in [0.4, 0.5) is 0 Å². The third-order valence-corrected chi connectivity index (χ3v) is 6.24. The number of benzene rings is 2. The van der Waals surface area contributed by atoms with E-state index in [0.29, 0.717) is 46.6 Å². The Morgan fingerprint density at radius 3 is 1.42 bits per heavy atom. The minimum atomic E-state index is -0.0656. The van der Waals surface area contributed by atoms with Gasteiger partial charge in [0.2, 0.25) is 0 Å². The van der Waals surface area contributed by atoms with Crippen molar-refractivity contribution < 1.29 is 18.4 Å². The molecule has 0 spiro atoms. The highest BCUT2D eigenvalue weighted by atomic mass is 16.3. The lowest BCUT2D eigenvalue weighted by molar-refractivity contribution is 0.101. The van der Waals surface area contributed by atoms with Gasteiger partial charge in [0, 0.05) is 22.3 Å². The maximum absolute atomic E-state index is 13.7. The highest BCUT2D eigenvalue weighted by Crippen LogP contribution is 2.26. The molecule has 0 bridgehead atoms. The van der Waals surface area contributed by atoms with E-state index >= 15 is 0 Å². The van der Waals surface area contributed by atoms with Gasteiger partial charge in [-0.3, -0.25) is 9.59 Å². The second-order valence-electron chi connectivity index (χ2n) is 9.16. The lowest BCUT2D eigenvalue weighted by Gasteiger charge is -2.13. The van der Waals surface area contributed by atoms with Crippen LogP contribution in [0.3, 0.4) is 0 Å². The Balaban J connectivity index is 1.70. The summed E-state index contributed by atoms with van der Waals surface area (Å²) in [5, 5.41) is 0. The molecule has 0 saturated heterocycles. The maximum Gasteiger partial charge on any atom is 0.189 e. The number of Topliss-reactive ketones (excluding diaryl/α,β-unsaturated/α-hetero) is 2. The maximum atomic E-state index is 13.7. The van der Waals surface area contributed by atoms with Gasteiger partial charge in [0.15, 0.2) is 11.6 Å². The number of aryl methyl sites for hydroxylation is 4. The minimum Gasteiger partial charge on any atom is -0.465 e. The Bertz CT molecular complexity index is 1320. The molecule has 4 rings (SSSR count). The van der Waals surface area contributed by atoms with Crippen molar-refractivity contribution in [2.45, 2.75) is 40.5 Å². The average molecular weight is 479 g/mol. The SMILES string of the molecule is Cc1ccc(C)c(C(=O)/C(=C/c2ccco2)CC/C(=C\c2ccco2)C(=O)c2cc(C)ccc2C)c1. The van der Waals surface area contributed by atoms with Crippen LogP contribution in [0.2, 0.25) is 0 Å². The fourth-order valence-electron chi connectivity index (χ4n) is 4.17. The summed E-state index contributed by atoms with van der Waals surface area (Å²) in [5.74, 6) is 1.07. The molecule has 0 aliphatic carbocycles. The van der Waals surface area contributed by atoms with E-state index in [4.69, 9.17) is 8.83 Å². The molecular formula is C32H30O4. The number of hydrogen-bond acceptors (Lipinski definition) is 4. The van der Waals surface area contributed by atoms with Crippen LogP contribution in [0.15, 0.2) is 93.2 Å². The van der Waals surface area contributed by atoms with Crippen LogP contribution < -0.4 is 0 Å². The predicted molar refractivity (Wildman–Crippen MR) is 143 cm³/mol. The number of carbonyl (C=O) groups is 2. The Kier molecular flexibility index (Phi) is 7.65. The van der Waals surface area contributed by atoms with Crippen molar-refractivity contribution >= 4 is 23.7 Å². The summed E-state index contributed by atoms with van der Waals surface area (Å²) < 4.78 is 11.0. The molecule has 2 aromatic heterocycles. The van der Waals surface area contributed by atoms with Crippen molar-refractivity contribution in [2.24, 2.45) is 0 Å². The summed E-state index contributed by atoms with van der Waals surface area (Å²) >= 11 is 0. The summed E-state index contributed by atoms with van der Waals surface area (Å²) in [6.45, 7) is 7.81. The van der Waals surface area contributed by atoms with Gasteiger partial charge in [-0.2, -0.15) is 0 Å². The molecule has 36 heavy (non-hydrogen) atoms. The van der Waals surface area contributed by atoms with E-state index in [9.17, 15) is 9.59 Å². The molecule has 4 heteroatoms. The Labute approximate surface area is 212 Å². The number of furan rings is 2. The van der Waals surface area contributed by atoms with Gasteiger partial charge in [-0.1, -0.05) is 35.4 Å². The van der Waals surface area contributed by atoms with Crippen LogP contribution in [-0.2, 0) is 0 Å². The van der Waals surface area contributed by atoms with Crippen molar-refractivity contribution in [2.75, 3.05) is 0 Å². The van der Waals surface area contributed by atoms with E-state index < -0.39 is 0 Å². The average Bonchev–Trinajstić information content (AvgIpc) is 3.57. The normalized spacial score (nSPS) is 12.1. The first-order valence-electron chi connectivity index (χ1n) is 12.0. The zero-order valence-corrected chi connectivity index (χ0v) is 21.1. The standard InChI is InChI=1S/C32H30O4/c1-21-9-11-23(3)29(17-21)31(33)25(19-27-7-5-15-35-27)13-14-26(20-28-8-6-16-36-28)32(34)30-18-22(2)10-12-24(30)4/h5-12,15-20H,13-14H2,1-4H3/b25-19+,26-20+. The highest BCUT2D eigenvalue weighted by molar-refractivity contribution is 6.14. The van der Waals surface area contributed by atoms with Crippen molar-refractivity contribution in [1.82, 2.24) is 0 Å². The van der Waals surface area contributed by atoms with Crippen LogP contribution in [0.25, 0.3) is 12.2 Å². The molecular weight excluding hydrogens is 448 g/mol. The van der Waals surface area contributed by atoms with Gasteiger partial charge in [0.25, 0.3) is 0 Å². The van der Waals surface area contributed by atoms with Gasteiger partial charge >= 0.3 is 0 Å². The molecule has 0 saturated carbocycles. The second kappa shape index (κ2) is 11.0. The zero-order chi connectivity index (χ0) is 25.7. The molecule has 0 unspecified atom stereocenters. The zero-order valence-electron chi connectivity index (χ0n) is 21.1. The van der Waals surface area contributed by atoms with E-state index in [1.807, 2.05) is 76.2 Å². The van der Waals surface area contributed by atoms with Crippen molar-refractivity contribution in [1.29, 1.82) is 0 Å². The van der Waals surface area contributed by atoms with Gasteiger partial charge in [-0.15, -0.1) is 0 Å². The van der Waals surface area contributed by atoms with Crippen molar-refractivity contribution in [3.8, 4) is 0 Å². The third kappa shape index (κ3) is 5.89. The van der Waals surface area contributed by atoms with Crippen LogP contribution in [-0.4, -0.2) is 11.6 Å². The molecule has 0 atom stereocenters. The molecule has 0 N–H and O–H groups in total. The monoisotopic (exact) mass is 478 g/mol. The van der Waals surface area contributed by atoms with E-state index in [1.165, 1.54) is 0 Å². The molecule has 2 aromatic carbocycles. The third-order valence-electron chi connectivity index (χ3n) is 6.24. The highest BCUT2D eigenvalue weighted by Gasteiger charge is 2.20. The second-order valence-corrected chi connectivity index (χ2v) is 9.16. The summed E-state index contributed by atoms with van der Waals surface area (Å²) in [7, 11) is 0. The van der Waals surface area contributed by atoms with E-state index in [-0.39, 0.29) is 11.6 Å². The van der Waals surface area contributed by atoms with E-state index in [1.54, 1.807) is 36.8 Å². The Hall–Kier alpha value is -4.18. The summed E-state index contributed by atoms with van der Waals surface area (Å²) in [4.78, 5) is 27.4. The number of rotatable bonds is 9. The van der Waals surface area contributed by atoms with Crippen LogP contribution in [0.5, 0.6) is 0 Å². The fraction of sp³-hybridized carbons (Fsp3) is 0.188. The first-order valence-corrected chi connectivity index (χ1v) is 12.0. The Morgan fingerprint density at radius 1 is 0.639 bits per heavy atom. The summed E-state index contributed by atoms with van der Waals surface area (Å²) in [5.41, 5.74) is 6.34. The van der Waals surface area contributed by atoms with Crippen molar-refractivity contribution in [3.05, 3.63) is 129 Å². The number of carbonyl (C=O) groups excluding carboxylic acids is 2. The molecule has 0 aliphatic heterocycles. The lowest BCUT2D eigenvalue weighted by atomic mass is 9.90. The minimum absolute atomic E-state index is 0.0656. The molecule has 0 amide bonds. The number of hydrogen-bond donors (Lipinski definition) is 0.